The Labute approximate surface area is 140 Å². The number of nitrogens with one attached hydrogen (secondary N) is 1. The van der Waals surface area contributed by atoms with Crippen LogP contribution in [-0.2, 0) is 9.53 Å². The van der Waals surface area contributed by atoms with Gasteiger partial charge in [0.25, 0.3) is 5.91 Å². The third kappa shape index (κ3) is 5.87. The van der Waals surface area contributed by atoms with Gasteiger partial charge in [0.2, 0.25) is 0 Å². The van der Waals surface area contributed by atoms with E-state index in [1.165, 1.54) is 0 Å². The van der Waals surface area contributed by atoms with Crippen molar-refractivity contribution < 1.29 is 14.3 Å². The van der Waals surface area contributed by atoms with Crippen molar-refractivity contribution in [2.24, 2.45) is 0 Å². The molecule has 0 bridgehead atoms. The minimum atomic E-state index is -0.786. The second kappa shape index (κ2) is 8.92. The molecule has 0 spiro atoms. The van der Waals surface area contributed by atoms with Crippen LogP contribution in [0.2, 0.25) is 0 Å². The number of hydrogen-bond acceptors (Lipinski definition) is 3. The van der Waals surface area contributed by atoms with Gasteiger partial charge in [-0.05, 0) is 64.8 Å². The summed E-state index contributed by atoms with van der Waals surface area (Å²) in [6, 6.07) is 5.70. The molecule has 130 valence electrons. The van der Waals surface area contributed by atoms with Crippen LogP contribution in [0.15, 0.2) is 18.2 Å². The van der Waals surface area contributed by atoms with Gasteiger partial charge < -0.3 is 14.8 Å². The highest BCUT2D eigenvalue weighted by Crippen LogP contribution is 2.25. The molecule has 1 aromatic rings. The molecule has 0 radical (unpaired) electrons. The molecule has 23 heavy (non-hydrogen) atoms. The minimum absolute atomic E-state index is 0.0928. The number of anilines is 1. The van der Waals surface area contributed by atoms with Gasteiger partial charge >= 0.3 is 0 Å². The zero-order chi connectivity index (χ0) is 17.5. The lowest BCUT2D eigenvalue weighted by Gasteiger charge is -2.28. The summed E-state index contributed by atoms with van der Waals surface area (Å²) in [5, 5.41) is 2.98. The van der Waals surface area contributed by atoms with E-state index in [0.29, 0.717) is 6.61 Å². The van der Waals surface area contributed by atoms with Crippen molar-refractivity contribution in [3.05, 3.63) is 23.8 Å². The maximum Gasteiger partial charge on any atom is 0.256 e. The van der Waals surface area contributed by atoms with Crippen LogP contribution in [0.25, 0.3) is 0 Å². The number of benzene rings is 1. The number of amides is 1. The molecule has 4 nitrogen and oxygen atoms in total. The molecule has 0 heterocycles. The molecule has 0 fully saturated rings. The summed E-state index contributed by atoms with van der Waals surface area (Å²) in [5.74, 6) is 0.751. The normalized spacial score (nSPS) is 13.7. The highest BCUT2D eigenvalue weighted by molar-refractivity contribution is 5.97. The Bertz CT molecular complexity index is 513. The fraction of sp³-hybridized carbons (Fsp3) is 0.632. The fourth-order valence-electron chi connectivity index (χ4n) is 2.46. The largest absolute Gasteiger partial charge is 0.491 e. The second-order valence-corrected chi connectivity index (χ2v) is 6.37. The van der Waals surface area contributed by atoms with Gasteiger partial charge in [0.15, 0.2) is 0 Å². The Hall–Kier alpha value is -1.55. The average Bonchev–Trinajstić information content (AvgIpc) is 2.48. The summed E-state index contributed by atoms with van der Waals surface area (Å²) in [7, 11) is 0. The van der Waals surface area contributed by atoms with E-state index >= 15 is 0 Å². The summed E-state index contributed by atoms with van der Waals surface area (Å²) < 4.78 is 11.5. The molecule has 0 saturated carbocycles. The number of ether oxygens (including phenoxy) is 2. The zero-order valence-corrected chi connectivity index (χ0v) is 15.4. The molecule has 1 N–H and O–H groups in total. The van der Waals surface area contributed by atoms with Gasteiger partial charge in [0.1, 0.15) is 11.4 Å². The lowest BCUT2D eigenvalue weighted by Crippen LogP contribution is -2.42. The number of carbonyl (C=O) groups excluding carboxylic acids is 1. The summed E-state index contributed by atoms with van der Waals surface area (Å²) in [6.07, 6.45) is 2.85. The number of carbonyl (C=O) groups is 1. The molecule has 0 aliphatic carbocycles. The smallest absolute Gasteiger partial charge is 0.256 e. The van der Waals surface area contributed by atoms with Gasteiger partial charge in [-0.15, -0.1) is 0 Å². The zero-order valence-electron chi connectivity index (χ0n) is 15.4. The Morgan fingerprint density at radius 3 is 2.52 bits per heavy atom. The molecule has 0 saturated heterocycles. The summed E-state index contributed by atoms with van der Waals surface area (Å²) in [6.45, 7) is 12.4. The minimum Gasteiger partial charge on any atom is -0.491 e. The quantitative estimate of drug-likeness (QED) is 0.717. The van der Waals surface area contributed by atoms with E-state index in [4.69, 9.17) is 9.47 Å². The van der Waals surface area contributed by atoms with E-state index in [-0.39, 0.29) is 12.0 Å². The number of hydrogen-bond donors (Lipinski definition) is 1. The molecule has 1 atom stereocenters. The van der Waals surface area contributed by atoms with Crippen molar-refractivity contribution in [3.8, 4) is 5.75 Å². The van der Waals surface area contributed by atoms with Crippen molar-refractivity contribution in [1.29, 1.82) is 0 Å². The van der Waals surface area contributed by atoms with Crippen LogP contribution in [-0.4, -0.2) is 24.2 Å². The van der Waals surface area contributed by atoms with Crippen LogP contribution < -0.4 is 10.1 Å². The van der Waals surface area contributed by atoms with Gasteiger partial charge in [-0.3, -0.25) is 4.79 Å². The molecule has 0 aromatic heterocycles. The lowest BCUT2D eigenvalue weighted by molar-refractivity contribution is -0.139. The van der Waals surface area contributed by atoms with E-state index < -0.39 is 5.60 Å². The van der Waals surface area contributed by atoms with Crippen LogP contribution in [0, 0.1) is 6.92 Å². The Morgan fingerprint density at radius 1 is 1.30 bits per heavy atom. The van der Waals surface area contributed by atoms with Gasteiger partial charge in [-0.2, -0.15) is 0 Å². The SMILES string of the molecule is CCCCC(C)(OCC)C(=O)Nc1ccc(OC(C)C)c(C)c1. The molecule has 4 heteroatoms. The monoisotopic (exact) mass is 321 g/mol. The highest BCUT2D eigenvalue weighted by Gasteiger charge is 2.33. The Morgan fingerprint density at radius 2 is 2.00 bits per heavy atom. The lowest BCUT2D eigenvalue weighted by atomic mass is 9.97. The third-order valence-electron chi connectivity index (χ3n) is 3.75. The van der Waals surface area contributed by atoms with E-state index in [0.717, 1.165) is 36.3 Å². The Kier molecular flexibility index (Phi) is 7.56. The van der Waals surface area contributed by atoms with Crippen LogP contribution in [0.5, 0.6) is 5.75 Å². The molecule has 1 aromatic carbocycles. The molecule has 1 rings (SSSR count). The number of rotatable bonds is 9. The summed E-state index contributed by atoms with van der Waals surface area (Å²) in [5.41, 5.74) is 0.986. The van der Waals surface area contributed by atoms with Gasteiger partial charge in [0.05, 0.1) is 6.10 Å². The molecular weight excluding hydrogens is 290 g/mol. The predicted octanol–water partition coefficient (Wildman–Crippen LogP) is 4.71. The van der Waals surface area contributed by atoms with E-state index in [2.05, 4.69) is 12.2 Å². The van der Waals surface area contributed by atoms with E-state index in [1.54, 1.807) is 0 Å². The third-order valence-corrected chi connectivity index (χ3v) is 3.75. The first-order valence-electron chi connectivity index (χ1n) is 8.55. The summed E-state index contributed by atoms with van der Waals surface area (Å²) in [4.78, 5) is 12.6. The van der Waals surface area contributed by atoms with Crippen molar-refractivity contribution in [3.63, 3.8) is 0 Å². The van der Waals surface area contributed by atoms with Crippen molar-refractivity contribution in [1.82, 2.24) is 0 Å². The van der Waals surface area contributed by atoms with Crippen LogP contribution in [0.3, 0.4) is 0 Å². The first-order chi connectivity index (χ1) is 10.8. The average molecular weight is 321 g/mol. The highest BCUT2D eigenvalue weighted by atomic mass is 16.5. The molecular formula is C19H31NO3. The molecule has 1 amide bonds. The van der Waals surface area contributed by atoms with Crippen molar-refractivity contribution in [2.75, 3.05) is 11.9 Å². The molecule has 1 unspecified atom stereocenters. The maximum atomic E-state index is 12.6. The number of unbranched alkanes of at least 4 members (excludes halogenated alkanes) is 1. The first-order valence-corrected chi connectivity index (χ1v) is 8.55. The van der Waals surface area contributed by atoms with Crippen molar-refractivity contribution >= 4 is 11.6 Å². The standard InChI is InChI=1S/C19H31NO3/c1-7-9-12-19(6,22-8-2)18(21)20-16-10-11-17(15(5)13-16)23-14(3)4/h10-11,13-14H,7-9,12H2,1-6H3,(H,20,21). The van der Waals surface area contributed by atoms with Gasteiger partial charge in [-0.1, -0.05) is 19.8 Å². The van der Waals surface area contributed by atoms with Crippen molar-refractivity contribution in [2.45, 2.75) is 72.5 Å². The molecule has 0 aliphatic heterocycles. The second-order valence-electron chi connectivity index (χ2n) is 6.37. The fourth-order valence-corrected chi connectivity index (χ4v) is 2.46. The van der Waals surface area contributed by atoms with Gasteiger partial charge in [0, 0.05) is 12.3 Å². The number of aryl methyl sites for hydroxylation is 1. The maximum absolute atomic E-state index is 12.6. The topological polar surface area (TPSA) is 47.6 Å². The predicted molar refractivity (Wildman–Crippen MR) is 95.1 cm³/mol. The first kappa shape index (κ1) is 19.5. The summed E-state index contributed by atoms with van der Waals surface area (Å²) >= 11 is 0. The van der Waals surface area contributed by atoms with Crippen LogP contribution in [0.4, 0.5) is 5.69 Å². The van der Waals surface area contributed by atoms with Crippen LogP contribution in [0.1, 0.15) is 59.4 Å². The van der Waals surface area contributed by atoms with E-state index in [9.17, 15) is 4.79 Å². The van der Waals surface area contributed by atoms with Gasteiger partial charge in [-0.25, -0.2) is 0 Å². The molecule has 0 aliphatic rings. The Balaban J connectivity index is 2.84. The van der Waals surface area contributed by atoms with Crippen LogP contribution >= 0.6 is 0 Å². The van der Waals surface area contributed by atoms with E-state index in [1.807, 2.05) is 52.8 Å².